The van der Waals surface area contributed by atoms with Gasteiger partial charge in [0.2, 0.25) is 0 Å². The van der Waals surface area contributed by atoms with Crippen molar-refractivity contribution in [1.82, 2.24) is 8.61 Å². The fraction of sp³-hybridized carbons (Fsp3) is 0.889. The first-order valence-electron chi connectivity index (χ1n) is 5.34. The highest BCUT2D eigenvalue weighted by Gasteiger charge is 2.41. The largest absolute Gasteiger partial charge is 0.389 e. The van der Waals surface area contributed by atoms with Crippen molar-refractivity contribution >= 4 is 16.4 Å². The van der Waals surface area contributed by atoms with Crippen LogP contribution >= 0.6 is 0 Å². The highest BCUT2D eigenvalue weighted by atomic mass is 32.2. The van der Waals surface area contributed by atoms with Crippen LogP contribution in [0, 0.1) is 0 Å². The predicted molar refractivity (Wildman–Crippen MR) is 60.3 cm³/mol. The third-order valence-electron chi connectivity index (χ3n) is 3.21. The minimum absolute atomic E-state index is 0.238. The van der Waals surface area contributed by atoms with Gasteiger partial charge in [0.1, 0.15) is 5.60 Å². The Bertz CT molecular complexity index is 373. The molecule has 7 heteroatoms. The lowest BCUT2D eigenvalue weighted by Crippen LogP contribution is -2.49. The Morgan fingerprint density at radius 1 is 1.38 bits per heavy atom. The van der Waals surface area contributed by atoms with E-state index in [2.05, 4.69) is 5.16 Å². The number of oxime groups is 1. The molecule has 2 aliphatic heterocycles. The van der Waals surface area contributed by atoms with Crippen LogP contribution in [0.4, 0.5) is 0 Å². The molecule has 16 heavy (non-hydrogen) atoms. The standard InChI is InChI=1S/C9H17N3O3S/c1-11(2)16(13,14)12-7-4-9(5-8-12)3-6-10-15-9/h6H,3-5,7-8H2,1-2H3. The average Bonchev–Trinajstić information content (AvgIpc) is 2.67. The average molecular weight is 247 g/mol. The van der Waals surface area contributed by atoms with Crippen LogP contribution in [0.5, 0.6) is 0 Å². The van der Waals surface area contributed by atoms with Crippen molar-refractivity contribution in [2.45, 2.75) is 24.9 Å². The van der Waals surface area contributed by atoms with E-state index in [0.29, 0.717) is 25.9 Å². The molecule has 0 atom stereocenters. The summed E-state index contributed by atoms with van der Waals surface area (Å²) in [5, 5.41) is 3.78. The van der Waals surface area contributed by atoms with Crippen molar-refractivity contribution in [3.63, 3.8) is 0 Å². The molecule has 1 fully saturated rings. The lowest BCUT2D eigenvalue weighted by atomic mass is 9.90. The Labute approximate surface area is 96.0 Å². The first-order chi connectivity index (χ1) is 7.46. The molecule has 0 aliphatic carbocycles. The summed E-state index contributed by atoms with van der Waals surface area (Å²) in [6.45, 7) is 1.01. The number of hydrogen-bond donors (Lipinski definition) is 0. The van der Waals surface area contributed by atoms with Gasteiger partial charge in [-0.3, -0.25) is 0 Å². The van der Waals surface area contributed by atoms with Crippen molar-refractivity contribution in [2.75, 3.05) is 27.2 Å². The van der Waals surface area contributed by atoms with Crippen LogP contribution in [0.3, 0.4) is 0 Å². The van der Waals surface area contributed by atoms with E-state index >= 15 is 0 Å². The molecule has 0 radical (unpaired) electrons. The minimum atomic E-state index is -3.28. The Kier molecular flexibility index (Phi) is 2.93. The topological polar surface area (TPSA) is 62.2 Å². The van der Waals surface area contributed by atoms with Crippen LogP contribution in [0.1, 0.15) is 19.3 Å². The summed E-state index contributed by atoms with van der Waals surface area (Å²) in [5.74, 6) is 0. The maximum atomic E-state index is 11.9. The second kappa shape index (κ2) is 3.97. The zero-order chi connectivity index (χ0) is 11.8. The van der Waals surface area contributed by atoms with E-state index in [1.165, 1.54) is 8.61 Å². The quantitative estimate of drug-likeness (QED) is 0.692. The molecular formula is C9H17N3O3S. The number of hydrogen-bond acceptors (Lipinski definition) is 4. The molecule has 0 aromatic heterocycles. The first-order valence-corrected chi connectivity index (χ1v) is 6.74. The molecule has 0 bridgehead atoms. The third-order valence-corrected chi connectivity index (χ3v) is 5.15. The lowest BCUT2D eigenvalue weighted by molar-refractivity contribution is -0.0510. The van der Waals surface area contributed by atoms with Gasteiger partial charge in [-0.1, -0.05) is 5.16 Å². The molecule has 0 N–H and O–H groups in total. The van der Waals surface area contributed by atoms with E-state index in [1.54, 1.807) is 20.3 Å². The SMILES string of the molecule is CN(C)S(=O)(=O)N1CCC2(CC=NO2)CC1. The van der Waals surface area contributed by atoms with Gasteiger partial charge in [0.05, 0.1) is 0 Å². The van der Waals surface area contributed by atoms with Gasteiger partial charge in [0, 0.05) is 52.7 Å². The molecule has 0 aromatic carbocycles. The van der Waals surface area contributed by atoms with Gasteiger partial charge in [0.25, 0.3) is 10.2 Å². The summed E-state index contributed by atoms with van der Waals surface area (Å²) in [6, 6.07) is 0. The van der Waals surface area contributed by atoms with Crippen molar-refractivity contribution in [1.29, 1.82) is 0 Å². The maximum Gasteiger partial charge on any atom is 0.281 e. The smallest absolute Gasteiger partial charge is 0.281 e. The summed E-state index contributed by atoms with van der Waals surface area (Å²) >= 11 is 0. The molecule has 6 nitrogen and oxygen atoms in total. The Balaban J connectivity index is 2.00. The van der Waals surface area contributed by atoms with Crippen LogP contribution in [-0.4, -0.2) is 56.0 Å². The lowest BCUT2D eigenvalue weighted by Gasteiger charge is -2.37. The van der Waals surface area contributed by atoms with Crippen LogP contribution in [0.2, 0.25) is 0 Å². The van der Waals surface area contributed by atoms with Crippen molar-refractivity contribution < 1.29 is 13.3 Å². The summed E-state index contributed by atoms with van der Waals surface area (Å²) in [4.78, 5) is 5.34. The van der Waals surface area contributed by atoms with E-state index in [0.717, 1.165) is 6.42 Å². The third kappa shape index (κ3) is 1.94. The zero-order valence-electron chi connectivity index (χ0n) is 9.59. The minimum Gasteiger partial charge on any atom is -0.389 e. The Hall–Kier alpha value is -0.660. The van der Waals surface area contributed by atoms with E-state index in [9.17, 15) is 8.42 Å². The molecule has 92 valence electrons. The van der Waals surface area contributed by atoms with Gasteiger partial charge in [-0.05, 0) is 0 Å². The van der Waals surface area contributed by atoms with Crippen molar-refractivity contribution in [2.24, 2.45) is 5.16 Å². The molecule has 1 spiro atoms. The number of rotatable bonds is 2. The zero-order valence-corrected chi connectivity index (χ0v) is 10.4. The normalized spacial score (nSPS) is 25.2. The monoisotopic (exact) mass is 247 g/mol. The van der Waals surface area contributed by atoms with E-state index < -0.39 is 10.2 Å². The fourth-order valence-electron chi connectivity index (χ4n) is 2.04. The Morgan fingerprint density at radius 2 is 2.00 bits per heavy atom. The van der Waals surface area contributed by atoms with E-state index in [4.69, 9.17) is 4.84 Å². The number of piperidine rings is 1. The Morgan fingerprint density at radius 3 is 2.44 bits per heavy atom. The molecule has 0 amide bonds. The van der Waals surface area contributed by atoms with Crippen LogP contribution < -0.4 is 0 Å². The van der Waals surface area contributed by atoms with Gasteiger partial charge in [-0.25, -0.2) is 0 Å². The summed E-state index contributed by atoms with van der Waals surface area (Å²) < 4.78 is 26.5. The molecule has 1 saturated heterocycles. The summed E-state index contributed by atoms with van der Waals surface area (Å²) in [7, 11) is -0.175. The summed E-state index contributed by atoms with van der Waals surface area (Å²) in [5.41, 5.74) is -0.238. The number of nitrogens with zero attached hydrogens (tertiary/aromatic N) is 3. The maximum absolute atomic E-state index is 11.9. The second-order valence-electron chi connectivity index (χ2n) is 4.46. The first kappa shape index (κ1) is 11.8. The van der Waals surface area contributed by atoms with Crippen molar-refractivity contribution in [3.8, 4) is 0 Å². The van der Waals surface area contributed by atoms with E-state index in [-0.39, 0.29) is 5.60 Å². The highest BCUT2D eigenvalue weighted by Crippen LogP contribution is 2.33. The molecule has 2 aliphatic rings. The molecule has 2 rings (SSSR count). The van der Waals surface area contributed by atoms with Gasteiger partial charge in [-0.15, -0.1) is 0 Å². The van der Waals surface area contributed by atoms with Crippen LogP contribution in [0.25, 0.3) is 0 Å². The van der Waals surface area contributed by atoms with Gasteiger partial charge in [0.15, 0.2) is 0 Å². The highest BCUT2D eigenvalue weighted by molar-refractivity contribution is 7.86. The molecule has 0 unspecified atom stereocenters. The molecule has 0 saturated carbocycles. The van der Waals surface area contributed by atoms with E-state index in [1.807, 2.05) is 0 Å². The molecular weight excluding hydrogens is 230 g/mol. The van der Waals surface area contributed by atoms with Gasteiger partial charge < -0.3 is 4.84 Å². The van der Waals surface area contributed by atoms with Crippen molar-refractivity contribution in [3.05, 3.63) is 0 Å². The fourth-order valence-corrected chi connectivity index (χ4v) is 3.15. The molecule has 0 aromatic rings. The van der Waals surface area contributed by atoms with Gasteiger partial charge >= 0.3 is 0 Å². The second-order valence-corrected chi connectivity index (χ2v) is 6.60. The van der Waals surface area contributed by atoms with Gasteiger partial charge in [-0.2, -0.15) is 17.0 Å². The van der Waals surface area contributed by atoms with Crippen LogP contribution in [-0.2, 0) is 15.0 Å². The molecule has 2 heterocycles. The predicted octanol–water partition coefficient (Wildman–Crippen LogP) is 0.0335. The van der Waals surface area contributed by atoms with Crippen LogP contribution in [0.15, 0.2) is 5.16 Å². The summed E-state index contributed by atoms with van der Waals surface area (Å²) in [6.07, 6.45) is 3.97.